The van der Waals surface area contributed by atoms with Gasteiger partial charge in [-0.05, 0) is 60.4 Å². The van der Waals surface area contributed by atoms with Crippen molar-refractivity contribution in [3.05, 3.63) is 89.8 Å². The SMILES string of the molecule is O=C(/C=N/n1cccc1)N1CCCC(c2ccc(F)cc2)c2ccc(F)cc21. The lowest BCUT2D eigenvalue weighted by Crippen LogP contribution is -2.32. The Balaban J connectivity index is 1.70. The number of hydrogen-bond acceptors (Lipinski definition) is 2. The fourth-order valence-corrected chi connectivity index (χ4v) is 3.63. The predicted molar refractivity (Wildman–Crippen MR) is 105 cm³/mol. The van der Waals surface area contributed by atoms with Crippen LogP contribution in [-0.4, -0.2) is 23.3 Å². The first-order valence-electron chi connectivity index (χ1n) is 9.15. The molecule has 1 atom stereocenters. The summed E-state index contributed by atoms with van der Waals surface area (Å²) in [5.74, 6) is -1.04. The van der Waals surface area contributed by atoms with Gasteiger partial charge in [0.25, 0.3) is 5.91 Å². The Kier molecular flexibility index (Phi) is 5.02. The van der Waals surface area contributed by atoms with E-state index in [1.54, 1.807) is 35.5 Å². The van der Waals surface area contributed by atoms with Gasteiger partial charge < -0.3 is 4.90 Å². The number of benzene rings is 2. The fourth-order valence-electron chi connectivity index (χ4n) is 3.63. The summed E-state index contributed by atoms with van der Waals surface area (Å²) in [6, 6.07) is 14.5. The highest BCUT2D eigenvalue weighted by molar-refractivity contribution is 6.32. The van der Waals surface area contributed by atoms with E-state index >= 15 is 0 Å². The first kappa shape index (κ1) is 18.1. The number of fused-ring (bicyclic) bond motifs is 1. The molecule has 6 heteroatoms. The minimum absolute atomic E-state index is 0.0320. The zero-order chi connectivity index (χ0) is 19.5. The van der Waals surface area contributed by atoms with E-state index in [2.05, 4.69) is 5.10 Å². The van der Waals surface area contributed by atoms with Gasteiger partial charge in [0.2, 0.25) is 0 Å². The maximum absolute atomic E-state index is 14.0. The van der Waals surface area contributed by atoms with Gasteiger partial charge in [-0.25, -0.2) is 13.5 Å². The Morgan fingerprint density at radius 1 is 1.04 bits per heavy atom. The Hall–Kier alpha value is -3.28. The Labute approximate surface area is 161 Å². The summed E-state index contributed by atoms with van der Waals surface area (Å²) in [5.41, 5.74) is 2.34. The average Bonchev–Trinajstić information content (AvgIpc) is 3.14. The van der Waals surface area contributed by atoms with Gasteiger partial charge >= 0.3 is 0 Å². The summed E-state index contributed by atoms with van der Waals surface area (Å²) in [4.78, 5) is 14.4. The molecule has 3 aromatic rings. The van der Waals surface area contributed by atoms with Gasteiger partial charge in [0.1, 0.15) is 17.8 Å². The lowest BCUT2D eigenvalue weighted by atomic mass is 9.87. The number of aromatic nitrogens is 1. The minimum atomic E-state index is -0.404. The van der Waals surface area contributed by atoms with Gasteiger partial charge in [0.05, 0.1) is 5.69 Å². The van der Waals surface area contributed by atoms with E-state index in [9.17, 15) is 13.6 Å². The number of carbonyl (C=O) groups excluding carboxylic acids is 1. The highest BCUT2D eigenvalue weighted by Crippen LogP contribution is 2.39. The standard InChI is InChI=1S/C22H19F2N3O/c23-17-7-5-16(6-8-17)19-4-3-13-27(21-14-18(24)9-10-20(19)21)22(28)15-25-26-11-1-2-12-26/h1-2,5-12,14-15,19H,3-4,13H2/b25-15+. The molecular formula is C22H19F2N3O. The topological polar surface area (TPSA) is 37.6 Å². The molecule has 1 unspecified atom stereocenters. The van der Waals surface area contributed by atoms with Crippen molar-refractivity contribution in [2.24, 2.45) is 5.10 Å². The summed E-state index contributed by atoms with van der Waals surface area (Å²) < 4.78 is 28.9. The van der Waals surface area contributed by atoms with Gasteiger partial charge in [-0.3, -0.25) is 4.79 Å². The van der Waals surface area contributed by atoms with Crippen molar-refractivity contribution in [2.75, 3.05) is 11.4 Å². The number of carbonyl (C=O) groups is 1. The highest BCUT2D eigenvalue weighted by Gasteiger charge is 2.27. The van der Waals surface area contributed by atoms with Crippen LogP contribution in [0.2, 0.25) is 0 Å². The molecule has 0 radical (unpaired) electrons. The van der Waals surface area contributed by atoms with Crippen molar-refractivity contribution >= 4 is 17.8 Å². The molecule has 0 N–H and O–H groups in total. The van der Waals surface area contributed by atoms with E-state index in [0.717, 1.165) is 24.0 Å². The summed E-state index contributed by atoms with van der Waals surface area (Å²) in [5, 5.41) is 4.12. The molecule has 1 aliphatic rings. The van der Waals surface area contributed by atoms with Crippen LogP contribution < -0.4 is 4.90 Å². The number of rotatable bonds is 3. The van der Waals surface area contributed by atoms with Crippen molar-refractivity contribution in [1.82, 2.24) is 4.68 Å². The lowest BCUT2D eigenvalue weighted by Gasteiger charge is -2.23. The van der Waals surface area contributed by atoms with Gasteiger partial charge in [0, 0.05) is 24.9 Å². The maximum Gasteiger partial charge on any atom is 0.271 e. The molecule has 1 aliphatic heterocycles. The molecule has 1 aromatic heterocycles. The third-order valence-corrected chi connectivity index (χ3v) is 4.96. The van der Waals surface area contributed by atoms with Gasteiger partial charge in [-0.2, -0.15) is 5.10 Å². The molecule has 0 aliphatic carbocycles. The molecule has 1 amide bonds. The van der Waals surface area contributed by atoms with Crippen molar-refractivity contribution < 1.29 is 13.6 Å². The zero-order valence-corrected chi connectivity index (χ0v) is 15.1. The molecule has 0 spiro atoms. The van der Waals surface area contributed by atoms with E-state index < -0.39 is 5.82 Å². The number of anilines is 1. The first-order valence-corrected chi connectivity index (χ1v) is 9.15. The van der Waals surface area contributed by atoms with Crippen LogP contribution in [0.5, 0.6) is 0 Å². The molecule has 4 rings (SSSR count). The largest absolute Gasteiger partial charge is 0.307 e. The number of hydrogen-bond donors (Lipinski definition) is 0. The van der Waals surface area contributed by atoms with Crippen molar-refractivity contribution in [2.45, 2.75) is 18.8 Å². The number of amides is 1. The Bertz CT molecular complexity index is 997. The second-order valence-electron chi connectivity index (χ2n) is 6.75. The highest BCUT2D eigenvalue weighted by atomic mass is 19.1. The monoisotopic (exact) mass is 379 g/mol. The molecular weight excluding hydrogens is 360 g/mol. The number of halogens is 2. The summed E-state index contributed by atoms with van der Waals surface area (Å²) >= 11 is 0. The molecule has 0 bridgehead atoms. The van der Waals surface area contributed by atoms with Crippen LogP contribution in [0.3, 0.4) is 0 Å². The lowest BCUT2D eigenvalue weighted by molar-refractivity contribution is -0.112. The normalized spacial score (nSPS) is 16.8. The molecule has 0 fully saturated rings. The third kappa shape index (κ3) is 3.71. The smallest absolute Gasteiger partial charge is 0.271 e. The number of nitrogens with zero attached hydrogens (tertiary/aromatic N) is 3. The quantitative estimate of drug-likeness (QED) is 0.615. The van der Waals surface area contributed by atoms with E-state index in [1.165, 1.54) is 35.2 Å². The predicted octanol–water partition coefficient (Wildman–Crippen LogP) is 4.56. The van der Waals surface area contributed by atoms with Crippen LogP contribution >= 0.6 is 0 Å². The van der Waals surface area contributed by atoms with Crippen LogP contribution in [0.15, 0.2) is 72.1 Å². The minimum Gasteiger partial charge on any atom is -0.307 e. The van der Waals surface area contributed by atoms with Crippen LogP contribution in [0.25, 0.3) is 0 Å². The average molecular weight is 379 g/mol. The van der Waals surface area contributed by atoms with Crippen LogP contribution in [0, 0.1) is 11.6 Å². The van der Waals surface area contributed by atoms with Crippen molar-refractivity contribution in [3.8, 4) is 0 Å². The summed E-state index contributed by atoms with van der Waals surface area (Å²) in [6.45, 7) is 0.463. The zero-order valence-electron chi connectivity index (χ0n) is 15.1. The van der Waals surface area contributed by atoms with Gasteiger partial charge in [-0.1, -0.05) is 18.2 Å². The third-order valence-electron chi connectivity index (χ3n) is 4.96. The van der Waals surface area contributed by atoms with Crippen LogP contribution in [0.1, 0.15) is 29.9 Å². The molecule has 142 valence electrons. The van der Waals surface area contributed by atoms with Crippen molar-refractivity contribution in [1.29, 1.82) is 0 Å². The van der Waals surface area contributed by atoms with Crippen LogP contribution in [0.4, 0.5) is 14.5 Å². The molecule has 28 heavy (non-hydrogen) atoms. The molecule has 2 heterocycles. The Morgan fingerprint density at radius 3 is 2.50 bits per heavy atom. The molecule has 2 aromatic carbocycles. The first-order chi connectivity index (χ1) is 13.6. The van der Waals surface area contributed by atoms with Gasteiger partial charge in [-0.15, -0.1) is 0 Å². The summed E-state index contributed by atoms with van der Waals surface area (Å²) in [6.07, 6.45) is 6.21. The van der Waals surface area contributed by atoms with Crippen LogP contribution in [-0.2, 0) is 4.79 Å². The summed E-state index contributed by atoms with van der Waals surface area (Å²) in [7, 11) is 0. The van der Waals surface area contributed by atoms with Gasteiger partial charge in [0.15, 0.2) is 0 Å². The Morgan fingerprint density at radius 2 is 1.75 bits per heavy atom. The van der Waals surface area contributed by atoms with E-state index in [1.807, 2.05) is 12.1 Å². The second kappa shape index (κ2) is 7.76. The van der Waals surface area contributed by atoms with Crippen molar-refractivity contribution in [3.63, 3.8) is 0 Å². The maximum atomic E-state index is 14.0. The van der Waals surface area contributed by atoms with E-state index in [4.69, 9.17) is 0 Å². The second-order valence-corrected chi connectivity index (χ2v) is 6.75. The molecule has 0 saturated heterocycles. The fraction of sp³-hybridized carbons (Fsp3) is 0.182. The van der Waals surface area contributed by atoms with E-state index in [-0.39, 0.29) is 17.6 Å². The molecule has 4 nitrogen and oxygen atoms in total. The molecule has 0 saturated carbocycles. The van der Waals surface area contributed by atoms with E-state index in [0.29, 0.717) is 12.2 Å².